The largest absolute Gasteiger partial charge is 0.490 e. The molecule has 2 aromatic heterocycles. The molecular weight excluding hydrogens is 232 g/mol. The van der Waals surface area contributed by atoms with Crippen LogP contribution in [0, 0.1) is 0 Å². The van der Waals surface area contributed by atoms with E-state index in [1.54, 1.807) is 17.5 Å². The number of hydrogen-bond donors (Lipinski definition) is 1. The van der Waals surface area contributed by atoms with E-state index in [2.05, 4.69) is 27.8 Å². The lowest BCUT2D eigenvalue weighted by molar-refractivity contribution is 0.340. The van der Waals surface area contributed by atoms with Gasteiger partial charge in [-0.05, 0) is 36.9 Å². The fourth-order valence-corrected chi connectivity index (χ4v) is 2.26. The molecule has 0 spiro atoms. The third kappa shape index (κ3) is 3.46. The van der Waals surface area contributed by atoms with Gasteiger partial charge in [-0.15, -0.1) is 11.3 Å². The monoisotopic (exact) mass is 248 g/mol. The summed E-state index contributed by atoms with van der Waals surface area (Å²) in [6.07, 6.45) is 2.79. The quantitative estimate of drug-likeness (QED) is 0.852. The van der Waals surface area contributed by atoms with Crippen LogP contribution in [0.1, 0.15) is 11.8 Å². The van der Waals surface area contributed by atoms with Crippen LogP contribution in [0.25, 0.3) is 0 Å². The molecule has 0 saturated carbocycles. The van der Waals surface area contributed by atoms with Gasteiger partial charge < -0.3 is 10.1 Å². The molecule has 4 heteroatoms. The molecule has 0 atom stereocenters. The second-order valence-electron chi connectivity index (χ2n) is 3.54. The van der Waals surface area contributed by atoms with Gasteiger partial charge in [0.1, 0.15) is 0 Å². The van der Waals surface area contributed by atoms with E-state index in [1.807, 2.05) is 19.1 Å². The first-order valence-electron chi connectivity index (χ1n) is 5.74. The van der Waals surface area contributed by atoms with E-state index < -0.39 is 0 Å². The molecule has 0 fully saturated rings. The summed E-state index contributed by atoms with van der Waals surface area (Å²) >= 11 is 1.78. The molecule has 2 aromatic rings. The first-order chi connectivity index (χ1) is 8.40. The van der Waals surface area contributed by atoms with Gasteiger partial charge in [0.05, 0.1) is 6.61 Å². The molecule has 0 aliphatic carbocycles. The minimum absolute atomic E-state index is 0.658. The van der Waals surface area contributed by atoms with E-state index in [0.29, 0.717) is 6.61 Å². The molecule has 0 aliphatic heterocycles. The first-order valence-corrected chi connectivity index (χ1v) is 6.62. The molecular formula is C13H16N2OS. The van der Waals surface area contributed by atoms with Crippen LogP contribution >= 0.6 is 11.3 Å². The fraction of sp³-hybridized carbons (Fsp3) is 0.308. The highest BCUT2D eigenvalue weighted by atomic mass is 32.1. The van der Waals surface area contributed by atoms with E-state index in [4.69, 9.17) is 4.74 Å². The maximum Gasteiger partial charge on any atom is 0.168 e. The lowest BCUT2D eigenvalue weighted by Gasteiger charge is -2.10. The maximum absolute atomic E-state index is 5.50. The fourth-order valence-electron chi connectivity index (χ4n) is 1.55. The Morgan fingerprint density at radius 2 is 2.29 bits per heavy atom. The van der Waals surface area contributed by atoms with Crippen molar-refractivity contribution in [3.63, 3.8) is 0 Å². The molecule has 17 heavy (non-hydrogen) atoms. The van der Waals surface area contributed by atoms with Gasteiger partial charge >= 0.3 is 0 Å². The molecule has 0 aliphatic rings. The molecule has 2 rings (SSSR count). The van der Waals surface area contributed by atoms with E-state index in [-0.39, 0.29) is 0 Å². The third-order valence-corrected chi connectivity index (χ3v) is 3.25. The van der Waals surface area contributed by atoms with Gasteiger partial charge in [-0.2, -0.15) is 0 Å². The number of rotatable bonds is 6. The molecule has 0 unspecified atom stereocenters. The van der Waals surface area contributed by atoms with E-state index in [9.17, 15) is 0 Å². The molecule has 0 aromatic carbocycles. The van der Waals surface area contributed by atoms with Crippen molar-refractivity contribution in [2.45, 2.75) is 13.3 Å². The Bertz CT molecular complexity index is 442. The van der Waals surface area contributed by atoms with Gasteiger partial charge in [0.2, 0.25) is 0 Å². The van der Waals surface area contributed by atoms with E-state index in [0.717, 1.165) is 24.5 Å². The highest BCUT2D eigenvalue weighted by molar-refractivity contribution is 7.09. The average Bonchev–Trinajstić information content (AvgIpc) is 2.85. The van der Waals surface area contributed by atoms with Crippen LogP contribution in [0.4, 0.5) is 5.82 Å². The zero-order valence-electron chi connectivity index (χ0n) is 9.85. The Kier molecular flexibility index (Phi) is 4.38. The lowest BCUT2D eigenvalue weighted by Crippen LogP contribution is -2.07. The van der Waals surface area contributed by atoms with Crippen LogP contribution in [-0.4, -0.2) is 18.1 Å². The molecule has 0 amide bonds. The molecule has 0 saturated heterocycles. The molecule has 1 N–H and O–H groups in total. The summed E-state index contributed by atoms with van der Waals surface area (Å²) in [4.78, 5) is 5.66. The Morgan fingerprint density at radius 1 is 1.35 bits per heavy atom. The molecule has 0 radical (unpaired) electrons. The van der Waals surface area contributed by atoms with Crippen LogP contribution in [-0.2, 0) is 6.42 Å². The molecule has 0 bridgehead atoms. The van der Waals surface area contributed by atoms with Gasteiger partial charge in [0.25, 0.3) is 0 Å². The summed E-state index contributed by atoms with van der Waals surface area (Å²) in [5, 5.41) is 5.41. The maximum atomic E-state index is 5.50. The smallest absolute Gasteiger partial charge is 0.168 e. The predicted octanol–water partition coefficient (Wildman–Crippen LogP) is 3.20. The summed E-state index contributed by atoms with van der Waals surface area (Å²) in [5.74, 6) is 1.65. The number of aromatic nitrogens is 1. The highest BCUT2D eigenvalue weighted by Crippen LogP contribution is 2.20. The van der Waals surface area contributed by atoms with Crippen molar-refractivity contribution in [2.75, 3.05) is 18.5 Å². The highest BCUT2D eigenvalue weighted by Gasteiger charge is 2.02. The standard InChI is InChI=1S/C13H16N2OS/c1-2-16-12-6-3-8-14-13(12)15-9-7-11-5-4-10-17-11/h3-6,8,10H,2,7,9H2,1H3,(H,14,15). The average molecular weight is 248 g/mol. The summed E-state index contributed by atoms with van der Waals surface area (Å²) in [5.41, 5.74) is 0. The summed E-state index contributed by atoms with van der Waals surface area (Å²) in [6.45, 7) is 3.51. The van der Waals surface area contributed by atoms with Crippen LogP contribution < -0.4 is 10.1 Å². The van der Waals surface area contributed by atoms with Gasteiger partial charge in [0, 0.05) is 17.6 Å². The number of anilines is 1. The second-order valence-corrected chi connectivity index (χ2v) is 4.57. The van der Waals surface area contributed by atoms with Crippen LogP contribution in [0.2, 0.25) is 0 Å². The predicted molar refractivity (Wildman–Crippen MR) is 71.9 cm³/mol. The van der Waals surface area contributed by atoms with Crippen molar-refractivity contribution in [3.05, 3.63) is 40.7 Å². The summed E-state index contributed by atoms with van der Waals surface area (Å²) in [7, 11) is 0. The topological polar surface area (TPSA) is 34.1 Å². The molecule has 3 nitrogen and oxygen atoms in total. The van der Waals surface area contributed by atoms with Gasteiger partial charge in [0.15, 0.2) is 11.6 Å². The normalized spacial score (nSPS) is 10.2. The van der Waals surface area contributed by atoms with Crippen LogP contribution in [0.15, 0.2) is 35.8 Å². The van der Waals surface area contributed by atoms with Gasteiger partial charge in [-0.3, -0.25) is 0 Å². The van der Waals surface area contributed by atoms with Crippen LogP contribution in [0.3, 0.4) is 0 Å². The first kappa shape index (κ1) is 11.9. The third-order valence-electron chi connectivity index (χ3n) is 2.31. The number of nitrogens with zero attached hydrogens (tertiary/aromatic N) is 1. The Labute approximate surface area is 105 Å². The number of nitrogens with one attached hydrogen (secondary N) is 1. The van der Waals surface area contributed by atoms with Crippen molar-refractivity contribution in [2.24, 2.45) is 0 Å². The summed E-state index contributed by atoms with van der Waals surface area (Å²) in [6, 6.07) is 8.04. The van der Waals surface area contributed by atoms with E-state index in [1.165, 1.54) is 4.88 Å². The zero-order valence-corrected chi connectivity index (χ0v) is 10.7. The number of hydrogen-bond acceptors (Lipinski definition) is 4. The van der Waals surface area contributed by atoms with Gasteiger partial charge in [-0.25, -0.2) is 4.98 Å². The Morgan fingerprint density at radius 3 is 3.06 bits per heavy atom. The lowest BCUT2D eigenvalue weighted by atomic mass is 10.3. The SMILES string of the molecule is CCOc1cccnc1NCCc1cccs1. The van der Waals surface area contributed by atoms with Crippen molar-refractivity contribution in [1.82, 2.24) is 4.98 Å². The van der Waals surface area contributed by atoms with Crippen molar-refractivity contribution in [1.29, 1.82) is 0 Å². The van der Waals surface area contributed by atoms with Crippen molar-refractivity contribution < 1.29 is 4.74 Å². The number of ether oxygens (including phenoxy) is 1. The zero-order chi connectivity index (χ0) is 11.9. The second kappa shape index (κ2) is 6.25. The van der Waals surface area contributed by atoms with Crippen molar-refractivity contribution in [3.8, 4) is 5.75 Å². The summed E-state index contributed by atoms with van der Waals surface area (Å²) < 4.78 is 5.50. The van der Waals surface area contributed by atoms with E-state index >= 15 is 0 Å². The van der Waals surface area contributed by atoms with Gasteiger partial charge in [-0.1, -0.05) is 6.07 Å². The number of thiophene rings is 1. The minimum atomic E-state index is 0.658. The Balaban J connectivity index is 1.89. The molecule has 2 heterocycles. The Hall–Kier alpha value is -1.55. The number of pyridine rings is 1. The minimum Gasteiger partial charge on any atom is -0.490 e. The molecule has 90 valence electrons. The van der Waals surface area contributed by atoms with Crippen LogP contribution in [0.5, 0.6) is 5.75 Å². The van der Waals surface area contributed by atoms with Crippen molar-refractivity contribution >= 4 is 17.2 Å².